The highest BCUT2D eigenvalue weighted by Crippen LogP contribution is 2.26. The number of fused-ring (bicyclic) bond motifs is 2. The van der Waals surface area contributed by atoms with Crippen molar-refractivity contribution in [2.24, 2.45) is 0 Å². The molecule has 2 atom stereocenters. The highest BCUT2D eigenvalue weighted by atomic mass is 16.3. The van der Waals surface area contributed by atoms with Crippen LogP contribution in [0.25, 0.3) is 21.9 Å². The standard InChI is InChI=1S/C21H21N3O/c1-15(25)20(24-14-23-19-10-5-13-22-21(19)24)12-11-17-8-4-7-16-6-2-3-9-18(16)17/h2-10,13-15,20,25H,11-12H2,1H3/t15-,20+/m0/s1. The maximum Gasteiger partial charge on any atom is 0.160 e. The van der Waals surface area contributed by atoms with Crippen molar-refractivity contribution in [3.63, 3.8) is 0 Å². The third kappa shape index (κ3) is 3.01. The fraction of sp³-hybridized carbons (Fsp3) is 0.238. The normalized spacial score (nSPS) is 14.0. The summed E-state index contributed by atoms with van der Waals surface area (Å²) in [4.78, 5) is 8.85. The largest absolute Gasteiger partial charge is 0.391 e. The summed E-state index contributed by atoms with van der Waals surface area (Å²) < 4.78 is 2.01. The molecule has 0 aliphatic carbocycles. The molecule has 4 nitrogen and oxygen atoms in total. The molecule has 2 aromatic heterocycles. The smallest absolute Gasteiger partial charge is 0.160 e. The van der Waals surface area contributed by atoms with Crippen LogP contribution >= 0.6 is 0 Å². The van der Waals surface area contributed by atoms with Gasteiger partial charge < -0.3 is 9.67 Å². The van der Waals surface area contributed by atoms with Crippen molar-refractivity contribution in [1.82, 2.24) is 14.5 Å². The molecule has 126 valence electrons. The second kappa shape index (κ2) is 6.65. The summed E-state index contributed by atoms with van der Waals surface area (Å²) in [6, 6.07) is 18.6. The number of benzene rings is 2. The quantitative estimate of drug-likeness (QED) is 0.598. The molecule has 0 aliphatic rings. The zero-order chi connectivity index (χ0) is 17.2. The molecule has 0 radical (unpaired) electrons. The molecule has 25 heavy (non-hydrogen) atoms. The number of hydrogen-bond donors (Lipinski definition) is 1. The Balaban J connectivity index is 1.65. The fourth-order valence-electron chi connectivity index (χ4n) is 3.54. The molecule has 2 aromatic carbocycles. The summed E-state index contributed by atoms with van der Waals surface area (Å²) in [6.45, 7) is 1.84. The molecule has 4 heteroatoms. The first kappa shape index (κ1) is 15.8. The first-order valence-electron chi connectivity index (χ1n) is 8.66. The molecule has 0 saturated heterocycles. The summed E-state index contributed by atoms with van der Waals surface area (Å²) in [7, 11) is 0. The van der Waals surface area contributed by atoms with Crippen molar-refractivity contribution < 1.29 is 5.11 Å². The molecule has 0 fully saturated rings. The second-order valence-electron chi connectivity index (χ2n) is 6.48. The van der Waals surface area contributed by atoms with E-state index in [9.17, 15) is 5.11 Å². The third-order valence-corrected chi connectivity index (χ3v) is 4.84. The van der Waals surface area contributed by atoms with Crippen LogP contribution in [0.1, 0.15) is 24.9 Å². The Bertz CT molecular complexity index is 1000. The van der Waals surface area contributed by atoms with Crippen LogP contribution in [-0.2, 0) is 6.42 Å². The third-order valence-electron chi connectivity index (χ3n) is 4.84. The van der Waals surface area contributed by atoms with Gasteiger partial charge in [0, 0.05) is 6.20 Å². The van der Waals surface area contributed by atoms with E-state index in [0.717, 1.165) is 24.0 Å². The topological polar surface area (TPSA) is 50.9 Å². The van der Waals surface area contributed by atoms with Crippen LogP contribution in [0.5, 0.6) is 0 Å². The summed E-state index contributed by atoms with van der Waals surface area (Å²) in [5, 5.41) is 12.9. The second-order valence-corrected chi connectivity index (χ2v) is 6.48. The monoisotopic (exact) mass is 331 g/mol. The number of imidazole rings is 1. The van der Waals surface area contributed by atoms with E-state index in [2.05, 4.69) is 52.4 Å². The van der Waals surface area contributed by atoms with Gasteiger partial charge in [-0.05, 0) is 48.2 Å². The van der Waals surface area contributed by atoms with Crippen molar-refractivity contribution >= 4 is 21.9 Å². The van der Waals surface area contributed by atoms with Gasteiger partial charge in [0.1, 0.15) is 5.52 Å². The average molecular weight is 331 g/mol. The Morgan fingerprint density at radius 3 is 2.72 bits per heavy atom. The van der Waals surface area contributed by atoms with E-state index in [4.69, 9.17) is 0 Å². The lowest BCUT2D eigenvalue weighted by Crippen LogP contribution is -2.22. The Hall–Kier alpha value is -2.72. The van der Waals surface area contributed by atoms with Gasteiger partial charge in [0.05, 0.1) is 18.5 Å². The maximum atomic E-state index is 10.4. The minimum atomic E-state index is -0.477. The highest BCUT2D eigenvalue weighted by Gasteiger charge is 2.20. The molecule has 0 spiro atoms. The van der Waals surface area contributed by atoms with Gasteiger partial charge in [0.2, 0.25) is 0 Å². The summed E-state index contributed by atoms with van der Waals surface area (Å²) in [5.41, 5.74) is 2.99. The van der Waals surface area contributed by atoms with Crippen molar-refractivity contribution in [3.05, 3.63) is 72.7 Å². The van der Waals surface area contributed by atoms with Gasteiger partial charge in [-0.1, -0.05) is 42.5 Å². The lowest BCUT2D eigenvalue weighted by atomic mass is 9.97. The summed E-state index contributed by atoms with van der Waals surface area (Å²) in [5.74, 6) is 0. The Kier molecular flexibility index (Phi) is 4.20. The van der Waals surface area contributed by atoms with E-state index < -0.39 is 6.10 Å². The number of aromatic nitrogens is 3. The van der Waals surface area contributed by atoms with Gasteiger partial charge in [-0.15, -0.1) is 0 Å². The molecule has 0 unspecified atom stereocenters. The fourth-order valence-corrected chi connectivity index (χ4v) is 3.54. The van der Waals surface area contributed by atoms with E-state index >= 15 is 0 Å². The Labute approximate surface area is 146 Å². The zero-order valence-electron chi connectivity index (χ0n) is 14.2. The van der Waals surface area contributed by atoms with E-state index in [-0.39, 0.29) is 6.04 Å². The van der Waals surface area contributed by atoms with Gasteiger partial charge in [-0.2, -0.15) is 0 Å². The number of aliphatic hydroxyl groups excluding tert-OH is 1. The molecule has 4 rings (SSSR count). The molecule has 0 saturated carbocycles. The van der Waals surface area contributed by atoms with E-state index in [0.29, 0.717) is 0 Å². The van der Waals surface area contributed by atoms with Crippen molar-refractivity contribution in [2.45, 2.75) is 31.9 Å². The molecule has 1 N–H and O–H groups in total. The molecule has 0 aliphatic heterocycles. The number of pyridine rings is 1. The van der Waals surface area contributed by atoms with Crippen molar-refractivity contribution in [3.8, 4) is 0 Å². The molecular formula is C21H21N3O. The summed E-state index contributed by atoms with van der Waals surface area (Å²) >= 11 is 0. The van der Waals surface area contributed by atoms with Crippen LogP contribution in [0.3, 0.4) is 0 Å². The lowest BCUT2D eigenvalue weighted by molar-refractivity contribution is 0.126. The van der Waals surface area contributed by atoms with Crippen LogP contribution in [0.4, 0.5) is 0 Å². The highest BCUT2D eigenvalue weighted by molar-refractivity contribution is 5.85. The van der Waals surface area contributed by atoms with Crippen LogP contribution in [0.15, 0.2) is 67.1 Å². The maximum absolute atomic E-state index is 10.4. The van der Waals surface area contributed by atoms with Gasteiger partial charge in [0.25, 0.3) is 0 Å². The van der Waals surface area contributed by atoms with E-state index in [1.54, 1.807) is 12.5 Å². The first-order valence-corrected chi connectivity index (χ1v) is 8.66. The van der Waals surface area contributed by atoms with E-state index in [1.165, 1.54) is 16.3 Å². The van der Waals surface area contributed by atoms with Crippen molar-refractivity contribution in [2.75, 3.05) is 0 Å². The average Bonchev–Trinajstić information content (AvgIpc) is 3.06. The van der Waals surface area contributed by atoms with Crippen LogP contribution < -0.4 is 0 Å². The molecule has 4 aromatic rings. The minimum Gasteiger partial charge on any atom is -0.391 e. The van der Waals surface area contributed by atoms with E-state index in [1.807, 2.05) is 23.6 Å². The number of aryl methyl sites for hydroxylation is 1. The predicted octanol–water partition coefficient (Wildman–Crippen LogP) is 4.14. The molecule has 0 bridgehead atoms. The van der Waals surface area contributed by atoms with Crippen LogP contribution in [-0.4, -0.2) is 25.7 Å². The number of aliphatic hydroxyl groups is 1. The minimum absolute atomic E-state index is 0.0566. The number of nitrogens with zero attached hydrogens (tertiary/aromatic N) is 3. The SMILES string of the molecule is C[C@H](O)[C@@H](CCc1cccc2ccccc12)n1cnc2cccnc21. The molecular weight excluding hydrogens is 310 g/mol. The van der Waals surface area contributed by atoms with Crippen LogP contribution in [0.2, 0.25) is 0 Å². The van der Waals surface area contributed by atoms with Crippen LogP contribution in [0, 0.1) is 0 Å². The Morgan fingerprint density at radius 2 is 1.84 bits per heavy atom. The zero-order valence-corrected chi connectivity index (χ0v) is 14.2. The van der Waals surface area contributed by atoms with Crippen molar-refractivity contribution in [1.29, 1.82) is 0 Å². The Morgan fingerprint density at radius 1 is 1.00 bits per heavy atom. The van der Waals surface area contributed by atoms with Gasteiger partial charge in [-0.3, -0.25) is 0 Å². The number of rotatable bonds is 5. The number of hydrogen-bond acceptors (Lipinski definition) is 3. The first-order chi connectivity index (χ1) is 12.2. The molecule has 2 heterocycles. The summed E-state index contributed by atoms with van der Waals surface area (Å²) in [6.07, 6.45) is 4.80. The van der Waals surface area contributed by atoms with Gasteiger partial charge in [0.15, 0.2) is 5.65 Å². The predicted molar refractivity (Wildman–Crippen MR) is 101 cm³/mol. The van der Waals surface area contributed by atoms with Gasteiger partial charge >= 0.3 is 0 Å². The van der Waals surface area contributed by atoms with Gasteiger partial charge in [-0.25, -0.2) is 9.97 Å². The molecule has 0 amide bonds. The lowest BCUT2D eigenvalue weighted by Gasteiger charge is -2.22.